The highest BCUT2D eigenvalue weighted by Gasteiger charge is 2.08. The third kappa shape index (κ3) is 2.08. The molecule has 3 heteroatoms. The zero-order valence-corrected chi connectivity index (χ0v) is 7.03. The second-order valence-electron chi connectivity index (χ2n) is 2.65. The van der Waals surface area contributed by atoms with Crippen LogP contribution in [0.25, 0.3) is 0 Å². The highest BCUT2D eigenvalue weighted by molar-refractivity contribution is 5.90. The minimum atomic E-state index is -1.12. The van der Waals surface area contributed by atoms with E-state index in [1.165, 1.54) is 12.1 Å². The van der Waals surface area contributed by atoms with Gasteiger partial charge in [0.15, 0.2) is 0 Å². The van der Waals surface area contributed by atoms with Crippen molar-refractivity contribution in [2.24, 2.45) is 0 Å². The lowest BCUT2D eigenvalue weighted by molar-refractivity contribution is 0.0693. The number of allylic oxidation sites excluding steroid dienone is 1. The Morgan fingerprint density at radius 3 is 2.77 bits per heavy atom. The summed E-state index contributed by atoms with van der Waals surface area (Å²) in [4.78, 5) is 10.6. The lowest BCUT2D eigenvalue weighted by atomic mass is 10.1. The zero-order valence-electron chi connectivity index (χ0n) is 7.03. The molecule has 1 rings (SSSR count). The van der Waals surface area contributed by atoms with Crippen molar-refractivity contribution in [3.63, 3.8) is 0 Å². The quantitative estimate of drug-likeness (QED) is 0.694. The molecule has 0 aromatic heterocycles. The Kier molecular flexibility index (Phi) is 2.69. The molecule has 0 fully saturated rings. The SMILES string of the molecule is C=CCc1ccc(O)c(C(=O)O)c1. The van der Waals surface area contributed by atoms with Gasteiger partial charge in [-0.1, -0.05) is 12.1 Å². The van der Waals surface area contributed by atoms with Gasteiger partial charge in [0.1, 0.15) is 11.3 Å². The van der Waals surface area contributed by atoms with Gasteiger partial charge in [-0.05, 0) is 24.1 Å². The molecule has 1 aromatic carbocycles. The number of carbonyl (C=O) groups is 1. The highest BCUT2D eigenvalue weighted by Crippen LogP contribution is 2.18. The van der Waals surface area contributed by atoms with Gasteiger partial charge in [-0.15, -0.1) is 6.58 Å². The van der Waals surface area contributed by atoms with Gasteiger partial charge < -0.3 is 10.2 Å². The van der Waals surface area contributed by atoms with E-state index in [0.29, 0.717) is 6.42 Å². The fraction of sp³-hybridized carbons (Fsp3) is 0.100. The molecule has 0 amide bonds. The first-order valence-corrected chi connectivity index (χ1v) is 3.81. The van der Waals surface area contributed by atoms with Crippen molar-refractivity contribution in [1.29, 1.82) is 0 Å². The summed E-state index contributed by atoms with van der Waals surface area (Å²) in [5.41, 5.74) is 0.754. The summed E-state index contributed by atoms with van der Waals surface area (Å²) < 4.78 is 0. The number of aromatic carboxylic acids is 1. The Morgan fingerprint density at radius 2 is 2.23 bits per heavy atom. The molecule has 2 N–H and O–H groups in total. The number of hydrogen-bond donors (Lipinski definition) is 2. The molecular weight excluding hydrogens is 168 g/mol. The summed E-state index contributed by atoms with van der Waals surface area (Å²) in [6, 6.07) is 4.49. The number of carboxylic acids is 1. The van der Waals surface area contributed by atoms with E-state index in [9.17, 15) is 4.79 Å². The van der Waals surface area contributed by atoms with Crippen molar-refractivity contribution in [2.45, 2.75) is 6.42 Å². The smallest absolute Gasteiger partial charge is 0.339 e. The average molecular weight is 178 g/mol. The Hall–Kier alpha value is -1.77. The van der Waals surface area contributed by atoms with Crippen molar-refractivity contribution in [3.05, 3.63) is 42.0 Å². The maximum absolute atomic E-state index is 10.6. The lowest BCUT2D eigenvalue weighted by Gasteiger charge is -2.01. The molecule has 0 heterocycles. The van der Waals surface area contributed by atoms with Gasteiger partial charge in [-0.2, -0.15) is 0 Å². The normalized spacial score (nSPS) is 9.54. The second-order valence-corrected chi connectivity index (χ2v) is 2.65. The maximum atomic E-state index is 10.6. The van der Waals surface area contributed by atoms with Crippen molar-refractivity contribution in [2.75, 3.05) is 0 Å². The minimum absolute atomic E-state index is 0.0700. The van der Waals surface area contributed by atoms with E-state index in [1.54, 1.807) is 12.1 Å². The predicted molar refractivity (Wildman–Crippen MR) is 49.0 cm³/mol. The van der Waals surface area contributed by atoms with Crippen LogP contribution >= 0.6 is 0 Å². The van der Waals surface area contributed by atoms with Gasteiger partial charge in [0.2, 0.25) is 0 Å². The summed E-state index contributed by atoms with van der Waals surface area (Å²) >= 11 is 0. The molecular formula is C10H10O3. The summed E-state index contributed by atoms with van der Waals surface area (Å²) in [5.74, 6) is -1.33. The van der Waals surface area contributed by atoms with Crippen LogP contribution in [0.1, 0.15) is 15.9 Å². The molecule has 68 valence electrons. The predicted octanol–water partition coefficient (Wildman–Crippen LogP) is 1.82. The average Bonchev–Trinajstić information content (AvgIpc) is 2.08. The zero-order chi connectivity index (χ0) is 9.84. The topological polar surface area (TPSA) is 57.5 Å². The molecule has 0 aliphatic heterocycles. The first kappa shape index (κ1) is 9.32. The van der Waals surface area contributed by atoms with Crippen LogP contribution in [0, 0.1) is 0 Å². The van der Waals surface area contributed by atoms with Gasteiger partial charge in [0, 0.05) is 0 Å². The van der Waals surface area contributed by atoms with Crippen LogP contribution in [0.5, 0.6) is 5.75 Å². The monoisotopic (exact) mass is 178 g/mol. The van der Waals surface area contributed by atoms with Crippen molar-refractivity contribution in [3.8, 4) is 5.75 Å². The molecule has 0 saturated heterocycles. The molecule has 0 radical (unpaired) electrons. The lowest BCUT2D eigenvalue weighted by Crippen LogP contribution is -1.97. The van der Waals surface area contributed by atoms with Gasteiger partial charge >= 0.3 is 5.97 Å². The molecule has 0 aliphatic rings. The second kappa shape index (κ2) is 3.76. The number of carboxylic acid groups (broad SMARTS) is 1. The Labute approximate surface area is 76.0 Å². The molecule has 0 atom stereocenters. The molecule has 0 bridgehead atoms. The number of phenols is 1. The van der Waals surface area contributed by atoms with Crippen LogP contribution in [-0.2, 0) is 6.42 Å². The molecule has 3 nitrogen and oxygen atoms in total. The van der Waals surface area contributed by atoms with Crippen molar-refractivity contribution < 1.29 is 15.0 Å². The first-order valence-electron chi connectivity index (χ1n) is 3.81. The van der Waals surface area contributed by atoms with Crippen LogP contribution in [-0.4, -0.2) is 16.2 Å². The maximum Gasteiger partial charge on any atom is 0.339 e. The third-order valence-corrected chi connectivity index (χ3v) is 1.67. The summed E-state index contributed by atoms with van der Waals surface area (Å²) in [7, 11) is 0. The van der Waals surface area contributed by atoms with Gasteiger partial charge in [-0.25, -0.2) is 4.79 Å². The Bertz CT molecular complexity index is 342. The Balaban J connectivity index is 3.10. The van der Waals surface area contributed by atoms with Crippen LogP contribution in [0.15, 0.2) is 30.9 Å². The summed E-state index contributed by atoms with van der Waals surface area (Å²) in [5, 5.41) is 17.8. The van der Waals surface area contributed by atoms with Crippen LogP contribution in [0.3, 0.4) is 0 Å². The molecule has 0 saturated carbocycles. The minimum Gasteiger partial charge on any atom is -0.507 e. The number of aromatic hydroxyl groups is 1. The highest BCUT2D eigenvalue weighted by atomic mass is 16.4. The summed E-state index contributed by atoms with van der Waals surface area (Å²) in [6.45, 7) is 3.54. The van der Waals surface area contributed by atoms with E-state index in [1.807, 2.05) is 0 Å². The van der Waals surface area contributed by atoms with Crippen LogP contribution in [0.4, 0.5) is 0 Å². The first-order chi connectivity index (χ1) is 6.15. The van der Waals surface area contributed by atoms with E-state index >= 15 is 0 Å². The number of benzene rings is 1. The standard InChI is InChI=1S/C10H10O3/c1-2-3-7-4-5-9(11)8(6-7)10(12)13/h2,4-6,11H,1,3H2,(H,12,13). The van der Waals surface area contributed by atoms with Gasteiger partial charge in [0.25, 0.3) is 0 Å². The number of hydrogen-bond acceptors (Lipinski definition) is 2. The fourth-order valence-electron chi connectivity index (χ4n) is 1.05. The molecule has 1 aromatic rings. The number of rotatable bonds is 3. The van der Waals surface area contributed by atoms with E-state index in [0.717, 1.165) is 5.56 Å². The van der Waals surface area contributed by atoms with Gasteiger partial charge in [-0.3, -0.25) is 0 Å². The third-order valence-electron chi connectivity index (χ3n) is 1.67. The van der Waals surface area contributed by atoms with Gasteiger partial charge in [0.05, 0.1) is 0 Å². The van der Waals surface area contributed by atoms with E-state index in [-0.39, 0.29) is 11.3 Å². The van der Waals surface area contributed by atoms with Crippen molar-refractivity contribution >= 4 is 5.97 Å². The van der Waals surface area contributed by atoms with E-state index < -0.39 is 5.97 Å². The van der Waals surface area contributed by atoms with E-state index in [2.05, 4.69) is 6.58 Å². The van der Waals surface area contributed by atoms with E-state index in [4.69, 9.17) is 10.2 Å². The van der Waals surface area contributed by atoms with Crippen molar-refractivity contribution in [1.82, 2.24) is 0 Å². The Morgan fingerprint density at radius 1 is 1.54 bits per heavy atom. The van der Waals surface area contributed by atoms with Crippen LogP contribution < -0.4 is 0 Å². The fourth-order valence-corrected chi connectivity index (χ4v) is 1.05. The molecule has 0 spiro atoms. The molecule has 0 aliphatic carbocycles. The molecule has 0 unspecified atom stereocenters. The summed E-state index contributed by atoms with van der Waals surface area (Å²) in [6.07, 6.45) is 2.28. The largest absolute Gasteiger partial charge is 0.507 e. The molecule has 13 heavy (non-hydrogen) atoms. The van der Waals surface area contributed by atoms with Crippen LogP contribution in [0.2, 0.25) is 0 Å².